The predicted molar refractivity (Wildman–Crippen MR) is 87.7 cm³/mol. The number of rotatable bonds is 1. The predicted octanol–water partition coefficient (Wildman–Crippen LogP) is 1.88. The van der Waals surface area contributed by atoms with Crippen LogP contribution in [0.5, 0.6) is 0 Å². The lowest BCUT2D eigenvalue weighted by Gasteiger charge is -2.21. The summed E-state index contributed by atoms with van der Waals surface area (Å²) >= 11 is 0. The lowest BCUT2D eigenvalue weighted by molar-refractivity contribution is 0.0534. The van der Waals surface area contributed by atoms with Crippen molar-refractivity contribution in [3.63, 3.8) is 0 Å². The highest BCUT2D eigenvalue weighted by Gasteiger charge is 2.23. The molecule has 5 heteroatoms. The first kappa shape index (κ1) is 14.7. The zero-order valence-electron chi connectivity index (χ0n) is 13.2. The summed E-state index contributed by atoms with van der Waals surface area (Å²) in [6.07, 6.45) is 4.09. The number of hydrogen-bond acceptors (Lipinski definition) is 3. The first-order chi connectivity index (χ1) is 11.2. The zero-order valence-corrected chi connectivity index (χ0v) is 13.2. The molecule has 1 aliphatic heterocycles. The Morgan fingerprint density at radius 2 is 2.17 bits per heavy atom. The van der Waals surface area contributed by atoms with Gasteiger partial charge in [-0.2, -0.15) is 0 Å². The van der Waals surface area contributed by atoms with E-state index in [0.29, 0.717) is 31.9 Å². The third-order valence-electron chi connectivity index (χ3n) is 4.88. The summed E-state index contributed by atoms with van der Waals surface area (Å²) in [5, 5.41) is 11.1. The van der Waals surface area contributed by atoms with Crippen LogP contribution in [0.1, 0.15) is 34.5 Å². The van der Waals surface area contributed by atoms with E-state index in [-0.39, 0.29) is 5.91 Å². The van der Waals surface area contributed by atoms with Crippen molar-refractivity contribution in [1.82, 2.24) is 9.88 Å². The number of β-amino-alcohol motifs (C(OH)–C–C–N with tert-alkyl or cyclic N) is 1. The molecule has 1 unspecified atom stereocenters. The van der Waals surface area contributed by atoms with Gasteiger partial charge in [-0.3, -0.25) is 4.79 Å². The summed E-state index contributed by atoms with van der Waals surface area (Å²) in [6.45, 7) is 1.63. The highest BCUT2D eigenvalue weighted by molar-refractivity contribution is 5.98. The van der Waals surface area contributed by atoms with Crippen LogP contribution in [0.2, 0.25) is 0 Å². The lowest BCUT2D eigenvalue weighted by atomic mass is 9.95. The molecule has 23 heavy (non-hydrogen) atoms. The standard InChI is InChI=1S/C18H22N2O3/c21-13-10-20(7-8-23-11-13)18(22)12-5-6-15-14-3-1-2-4-16(14)19-17(15)9-12/h5-6,9,13,19,21H,1-4,7-8,10-11H2. The van der Waals surface area contributed by atoms with Crippen LogP contribution in [-0.2, 0) is 17.6 Å². The summed E-state index contributed by atoms with van der Waals surface area (Å²) in [7, 11) is 0. The number of nitrogens with one attached hydrogen (secondary N) is 1. The quantitative estimate of drug-likeness (QED) is 0.844. The van der Waals surface area contributed by atoms with Gasteiger partial charge in [0.1, 0.15) is 0 Å². The van der Waals surface area contributed by atoms with Gasteiger partial charge >= 0.3 is 0 Å². The number of fused-ring (bicyclic) bond motifs is 3. The van der Waals surface area contributed by atoms with E-state index in [1.54, 1.807) is 4.90 Å². The molecule has 1 aromatic carbocycles. The Balaban J connectivity index is 1.64. The molecule has 0 bridgehead atoms. The van der Waals surface area contributed by atoms with Gasteiger partial charge in [-0.05, 0) is 43.4 Å². The van der Waals surface area contributed by atoms with Crippen LogP contribution in [0, 0.1) is 0 Å². The number of amides is 1. The summed E-state index contributed by atoms with van der Waals surface area (Å²) < 4.78 is 5.30. The van der Waals surface area contributed by atoms with Gasteiger partial charge in [-0.25, -0.2) is 0 Å². The van der Waals surface area contributed by atoms with Crippen LogP contribution in [0.15, 0.2) is 18.2 Å². The number of H-pyrrole nitrogens is 1. The molecule has 2 heterocycles. The number of hydrogen-bond donors (Lipinski definition) is 2. The minimum atomic E-state index is -0.608. The maximum absolute atomic E-state index is 12.7. The Bertz CT molecular complexity index is 737. The monoisotopic (exact) mass is 314 g/mol. The smallest absolute Gasteiger partial charge is 0.254 e. The van der Waals surface area contributed by atoms with Gasteiger partial charge in [0.2, 0.25) is 0 Å². The van der Waals surface area contributed by atoms with Crippen molar-refractivity contribution in [3.8, 4) is 0 Å². The molecule has 5 nitrogen and oxygen atoms in total. The van der Waals surface area contributed by atoms with E-state index in [1.807, 2.05) is 12.1 Å². The Labute approximate surface area is 135 Å². The molecule has 1 atom stereocenters. The lowest BCUT2D eigenvalue weighted by Crippen LogP contribution is -2.37. The first-order valence-electron chi connectivity index (χ1n) is 8.41. The topological polar surface area (TPSA) is 65.6 Å². The van der Waals surface area contributed by atoms with Crippen molar-refractivity contribution in [2.45, 2.75) is 31.8 Å². The summed E-state index contributed by atoms with van der Waals surface area (Å²) in [4.78, 5) is 17.9. The largest absolute Gasteiger partial charge is 0.389 e. The summed E-state index contributed by atoms with van der Waals surface area (Å²) in [6, 6.07) is 5.92. The van der Waals surface area contributed by atoms with Crippen LogP contribution >= 0.6 is 0 Å². The highest BCUT2D eigenvalue weighted by Crippen LogP contribution is 2.29. The van der Waals surface area contributed by atoms with E-state index < -0.39 is 6.10 Å². The number of carbonyl (C=O) groups excluding carboxylic acids is 1. The first-order valence-corrected chi connectivity index (χ1v) is 8.41. The molecule has 0 spiro atoms. The normalized spacial score (nSPS) is 22.0. The van der Waals surface area contributed by atoms with Gasteiger partial charge in [-0.1, -0.05) is 6.07 Å². The van der Waals surface area contributed by atoms with Crippen molar-refractivity contribution >= 4 is 16.8 Å². The van der Waals surface area contributed by atoms with Crippen LogP contribution in [0.25, 0.3) is 10.9 Å². The molecule has 1 fully saturated rings. The second-order valence-electron chi connectivity index (χ2n) is 6.53. The van der Waals surface area contributed by atoms with Crippen molar-refractivity contribution in [3.05, 3.63) is 35.0 Å². The van der Waals surface area contributed by atoms with Gasteiger partial charge in [-0.15, -0.1) is 0 Å². The van der Waals surface area contributed by atoms with Gasteiger partial charge in [0.15, 0.2) is 0 Å². The molecule has 2 N–H and O–H groups in total. The van der Waals surface area contributed by atoms with Gasteiger partial charge in [0.05, 0.1) is 19.3 Å². The number of ether oxygens (including phenoxy) is 1. The fourth-order valence-corrected chi connectivity index (χ4v) is 3.71. The summed E-state index contributed by atoms with van der Waals surface area (Å²) in [5.74, 6) is -0.0379. The third kappa shape index (κ3) is 2.75. The van der Waals surface area contributed by atoms with E-state index in [4.69, 9.17) is 4.74 Å². The molecule has 1 amide bonds. The van der Waals surface area contributed by atoms with Crippen LogP contribution in [0.3, 0.4) is 0 Å². The molecular weight excluding hydrogens is 292 g/mol. The fourth-order valence-electron chi connectivity index (χ4n) is 3.71. The Kier molecular flexibility index (Phi) is 3.83. The number of benzene rings is 1. The molecular formula is C18H22N2O3. The van der Waals surface area contributed by atoms with Gasteiger partial charge < -0.3 is 19.7 Å². The van der Waals surface area contributed by atoms with Crippen LogP contribution in [-0.4, -0.2) is 53.3 Å². The second kappa shape index (κ2) is 5.98. The van der Waals surface area contributed by atoms with E-state index in [0.717, 1.165) is 18.4 Å². The number of aromatic amines is 1. The van der Waals surface area contributed by atoms with E-state index in [2.05, 4.69) is 11.1 Å². The maximum atomic E-state index is 12.7. The number of aliphatic hydroxyl groups excluding tert-OH is 1. The minimum absolute atomic E-state index is 0.0379. The van der Waals surface area contributed by atoms with Crippen molar-refractivity contribution in [2.24, 2.45) is 0 Å². The fraction of sp³-hybridized carbons (Fsp3) is 0.500. The molecule has 1 aliphatic carbocycles. The number of aliphatic hydroxyl groups is 1. The Hall–Kier alpha value is -1.85. The molecule has 0 saturated carbocycles. The number of aryl methyl sites for hydroxylation is 2. The van der Waals surface area contributed by atoms with E-state index in [9.17, 15) is 9.90 Å². The molecule has 1 aromatic heterocycles. The minimum Gasteiger partial charge on any atom is -0.389 e. The van der Waals surface area contributed by atoms with Crippen LogP contribution < -0.4 is 0 Å². The highest BCUT2D eigenvalue weighted by atomic mass is 16.5. The van der Waals surface area contributed by atoms with Crippen molar-refractivity contribution in [2.75, 3.05) is 26.3 Å². The number of carbonyl (C=O) groups is 1. The molecule has 1 saturated heterocycles. The molecule has 2 aliphatic rings. The molecule has 0 radical (unpaired) electrons. The SMILES string of the molecule is O=C(c1ccc2c3c([nH]c2c1)CCCC3)N1CCOCC(O)C1. The van der Waals surface area contributed by atoms with E-state index in [1.165, 1.54) is 29.5 Å². The van der Waals surface area contributed by atoms with Gasteiger partial charge in [0, 0.05) is 35.2 Å². The number of aromatic nitrogens is 1. The molecule has 122 valence electrons. The molecule has 4 rings (SSSR count). The Morgan fingerprint density at radius 1 is 1.30 bits per heavy atom. The average molecular weight is 314 g/mol. The molecule has 2 aromatic rings. The third-order valence-corrected chi connectivity index (χ3v) is 4.88. The maximum Gasteiger partial charge on any atom is 0.254 e. The Morgan fingerprint density at radius 3 is 3.09 bits per heavy atom. The zero-order chi connectivity index (χ0) is 15.8. The number of nitrogens with zero attached hydrogens (tertiary/aromatic N) is 1. The van der Waals surface area contributed by atoms with Crippen molar-refractivity contribution < 1.29 is 14.6 Å². The average Bonchev–Trinajstić information content (AvgIpc) is 2.80. The van der Waals surface area contributed by atoms with Gasteiger partial charge in [0.25, 0.3) is 5.91 Å². The second-order valence-corrected chi connectivity index (χ2v) is 6.53. The van der Waals surface area contributed by atoms with Crippen LogP contribution in [0.4, 0.5) is 0 Å². The summed E-state index contributed by atoms with van der Waals surface area (Å²) in [5.41, 5.74) is 4.47. The van der Waals surface area contributed by atoms with E-state index >= 15 is 0 Å². The van der Waals surface area contributed by atoms with Crippen molar-refractivity contribution in [1.29, 1.82) is 0 Å².